The lowest BCUT2D eigenvalue weighted by Crippen LogP contribution is -2.40. The predicted molar refractivity (Wildman–Crippen MR) is 132 cm³/mol. The van der Waals surface area contributed by atoms with Gasteiger partial charge in [0.15, 0.2) is 0 Å². The van der Waals surface area contributed by atoms with E-state index >= 15 is 0 Å². The van der Waals surface area contributed by atoms with Gasteiger partial charge >= 0.3 is 5.69 Å². The molecule has 0 radical (unpaired) electrons. The van der Waals surface area contributed by atoms with Crippen molar-refractivity contribution in [2.24, 2.45) is 5.92 Å². The summed E-state index contributed by atoms with van der Waals surface area (Å²) in [7, 11) is 1.46. The lowest BCUT2D eigenvalue weighted by atomic mass is 10.1. The first-order valence-electron chi connectivity index (χ1n) is 11.3. The molecule has 1 aromatic carbocycles. The number of benzene rings is 1. The molecular formula is C24H25FN6O4S. The van der Waals surface area contributed by atoms with Crippen LogP contribution in [0.5, 0.6) is 5.75 Å². The Morgan fingerprint density at radius 1 is 1.22 bits per heavy atom. The third-order valence-corrected chi connectivity index (χ3v) is 7.12. The van der Waals surface area contributed by atoms with Gasteiger partial charge in [0.05, 0.1) is 50.0 Å². The van der Waals surface area contributed by atoms with Crippen molar-refractivity contribution in [3.63, 3.8) is 0 Å². The number of rotatable bonds is 9. The van der Waals surface area contributed by atoms with Crippen molar-refractivity contribution in [3.05, 3.63) is 68.4 Å². The SMILES string of the molecule is CCn1c(=O)c2c(C)c(-n3nccn3)sc2n(C[C@H](OCC(C)C#N)c2cc(F)ccc2OC)c1=O. The van der Waals surface area contributed by atoms with Crippen molar-refractivity contribution in [1.29, 1.82) is 5.26 Å². The Bertz CT molecular complexity index is 1550. The van der Waals surface area contributed by atoms with E-state index in [1.807, 2.05) is 0 Å². The minimum Gasteiger partial charge on any atom is -0.496 e. The van der Waals surface area contributed by atoms with E-state index < -0.39 is 29.1 Å². The summed E-state index contributed by atoms with van der Waals surface area (Å²) in [6.45, 7) is 5.38. The molecule has 0 fully saturated rings. The summed E-state index contributed by atoms with van der Waals surface area (Å²) in [5.41, 5.74) is 0.110. The molecule has 0 bridgehead atoms. The number of aryl methyl sites for hydroxylation is 1. The minimum absolute atomic E-state index is 0.0422. The second-order valence-corrected chi connectivity index (χ2v) is 9.19. The summed E-state index contributed by atoms with van der Waals surface area (Å²) >= 11 is 1.21. The molecule has 0 amide bonds. The summed E-state index contributed by atoms with van der Waals surface area (Å²) in [6, 6.07) is 6.15. The van der Waals surface area contributed by atoms with Crippen LogP contribution in [0.25, 0.3) is 15.2 Å². The van der Waals surface area contributed by atoms with E-state index in [1.54, 1.807) is 20.8 Å². The number of hydrogen-bond donors (Lipinski definition) is 0. The molecule has 36 heavy (non-hydrogen) atoms. The maximum atomic E-state index is 14.3. The smallest absolute Gasteiger partial charge is 0.332 e. The van der Waals surface area contributed by atoms with Crippen LogP contribution in [-0.4, -0.2) is 37.8 Å². The van der Waals surface area contributed by atoms with Crippen molar-refractivity contribution in [2.45, 2.75) is 40.0 Å². The van der Waals surface area contributed by atoms with Gasteiger partial charge in [-0.05, 0) is 39.0 Å². The number of ether oxygens (including phenoxy) is 2. The van der Waals surface area contributed by atoms with Crippen LogP contribution in [0.3, 0.4) is 0 Å². The third-order valence-electron chi connectivity index (χ3n) is 5.84. The highest BCUT2D eigenvalue weighted by Gasteiger charge is 2.26. The van der Waals surface area contributed by atoms with E-state index in [1.165, 1.54) is 58.4 Å². The normalized spacial score (nSPS) is 13.0. The topological polar surface area (TPSA) is 117 Å². The molecule has 0 saturated heterocycles. The number of fused-ring (bicyclic) bond motifs is 1. The lowest BCUT2D eigenvalue weighted by Gasteiger charge is -2.23. The molecule has 4 rings (SSSR count). The van der Waals surface area contributed by atoms with Crippen LogP contribution in [0.15, 0.2) is 40.2 Å². The van der Waals surface area contributed by atoms with Gasteiger partial charge in [0, 0.05) is 17.7 Å². The average molecular weight is 513 g/mol. The van der Waals surface area contributed by atoms with E-state index in [0.717, 1.165) is 4.57 Å². The Labute approximate surface area is 209 Å². The first-order valence-corrected chi connectivity index (χ1v) is 12.1. The van der Waals surface area contributed by atoms with Gasteiger partial charge in [-0.3, -0.25) is 13.9 Å². The second-order valence-electron chi connectivity index (χ2n) is 8.21. The molecule has 0 saturated carbocycles. The fourth-order valence-electron chi connectivity index (χ4n) is 4.00. The Morgan fingerprint density at radius 3 is 2.58 bits per heavy atom. The van der Waals surface area contributed by atoms with E-state index in [9.17, 15) is 19.2 Å². The minimum atomic E-state index is -0.844. The summed E-state index contributed by atoms with van der Waals surface area (Å²) in [5.74, 6) is -0.555. The first-order chi connectivity index (χ1) is 17.3. The number of methoxy groups -OCH3 is 1. The molecule has 3 heterocycles. The molecule has 0 spiro atoms. The highest BCUT2D eigenvalue weighted by Crippen LogP contribution is 2.34. The van der Waals surface area contributed by atoms with Gasteiger partial charge in [0.1, 0.15) is 27.5 Å². The fourth-order valence-corrected chi connectivity index (χ4v) is 5.21. The molecule has 0 aliphatic heterocycles. The molecule has 0 N–H and O–H groups in total. The quantitative estimate of drug-likeness (QED) is 0.338. The van der Waals surface area contributed by atoms with Crippen molar-refractivity contribution >= 4 is 21.6 Å². The van der Waals surface area contributed by atoms with Gasteiger partial charge in [0.25, 0.3) is 5.56 Å². The van der Waals surface area contributed by atoms with Crippen LogP contribution >= 0.6 is 11.3 Å². The number of aromatic nitrogens is 5. The van der Waals surface area contributed by atoms with Gasteiger partial charge in [-0.2, -0.15) is 15.5 Å². The first kappa shape index (κ1) is 25.3. The van der Waals surface area contributed by atoms with Crippen molar-refractivity contribution < 1.29 is 13.9 Å². The van der Waals surface area contributed by atoms with Crippen molar-refractivity contribution in [3.8, 4) is 16.8 Å². The molecule has 0 aliphatic carbocycles. The highest BCUT2D eigenvalue weighted by atomic mass is 32.1. The Morgan fingerprint density at radius 2 is 1.94 bits per heavy atom. The van der Waals surface area contributed by atoms with Crippen molar-refractivity contribution in [1.82, 2.24) is 24.1 Å². The number of halogens is 1. The monoisotopic (exact) mass is 512 g/mol. The standard InChI is InChI=1S/C24H25FN6O4S/c1-5-29-21(32)20-15(3)22(31-27-8-9-28-31)36-23(20)30(24(29)33)12-19(35-13-14(2)11-26)17-10-16(25)6-7-18(17)34-4/h6-10,14,19H,5,12-13H2,1-4H3/t14?,19-/m0/s1. The summed E-state index contributed by atoms with van der Waals surface area (Å²) in [5, 5.41) is 18.6. The van der Waals surface area contributed by atoms with Crippen LogP contribution in [0.2, 0.25) is 0 Å². The Balaban J connectivity index is 1.94. The molecule has 0 aliphatic rings. The van der Waals surface area contributed by atoms with Gasteiger partial charge in [0.2, 0.25) is 0 Å². The molecule has 1 unspecified atom stereocenters. The molecule has 3 aromatic heterocycles. The maximum Gasteiger partial charge on any atom is 0.332 e. The van der Waals surface area contributed by atoms with Gasteiger partial charge in [-0.1, -0.05) is 11.3 Å². The molecular weight excluding hydrogens is 487 g/mol. The van der Waals surface area contributed by atoms with Crippen LogP contribution < -0.4 is 16.0 Å². The Kier molecular flexibility index (Phi) is 7.32. The number of nitrogens with zero attached hydrogens (tertiary/aromatic N) is 6. The number of thiophene rings is 1. The zero-order chi connectivity index (χ0) is 26.0. The Hall–Kier alpha value is -3.82. The molecule has 4 aromatic rings. The largest absolute Gasteiger partial charge is 0.496 e. The number of hydrogen-bond acceptors (Lipinski definition) is 8. The molecule has 188 valence electrons. The number of nitriles is 1. The zero-order valence-corrected chi connectivity index (χ0v) is 21.1. The molecule has 12 heteroatoms. The van der Waals surface area contributed by atoms with E-state index in [2.05, 4.69) is 16.3 Å². The van der Waals surface area contributed by atoms with Crippen LogP contribution in [0, 0.1) is 30.0 Å². The summed E-state index contributed by atoms with van der Waals surface area (Å²) < 4.78 is 28.4. The highest BCUT2D eigenvalue weighted by molar-refractivity contribution is 7.21. The lowest BCUT2D eigenvalue weighted by molar-refractivity contribution is 0.0279. The predicted octanol–water partition coefficient (Wildman–Crippen LogP) is 3.20. The molecule has 10 nitrogen and oxygen atoms in total. The van der Waals surface area contributed by atoms with E-state index in [4.69, 9.17) is 9.47 Å². The second kappa shape index (κ2) is 10.4. The maximum absolute atomic E-state index is 14.3. The summed E-state index contributed by atoms with van der Waals surface area (Å²) in [6.07, 6.45) is 2.21. The van der Waals surface area contributed by atoms with Crippen LogP contribution in [0.4, 0.5) is 4.39 Å². The van der Waals surface area contributed by atoms with E-state index in [0.29, 0.717) is 32.1 Å². The van der Waals surface area contributed by atoms with Gasteiger partial charge in [-0.25, -0.2) is 9.18 Å². The van der Waals surface area contributed by atoms with Crippen LogP contribution in [-0.2, 0) is 17.8 Å². The van der Waals surface area contributed by atoms with Gasteiger partial charge in [-0.15, -0.1) is 4.80 Å². The van der Waals surface area contributed by atoms with Crippen LogP contribution in [0.1, 0.15) is 31.1 Å². The van der Waals surface area contributed by atoms with Crippen molar-refractivity contribution in [2.75, 3.05) is 13.7 Å². The summed E-state index contributed by atoms with van der Waals surface area (Å²) in [4.78, 5) is 28.6. The molecule has 2 atom stereocenters. The van der Waals surface area contributed by atoms with E-state index in [-0.39, 0.29) is 19.7 Å². The third kappa shape index (κ3) is 4.55. The van der Waals surface area contributed by atoms with Gasteiger partial charge < -0.3 is 9.47 Å². The average Bonchev–Trinajstić information content (AvgIpc) is 3.51. The zero-order valence-electron chi connectivity index (χ0n) is 20.3. The fraction of sp³-hybridized carbons (Fsp3) is 0.375.